The van der Waals surface area contributed by atoms with Crippen molar-refractivity contribution in [3.63, 3.8) is 0 Å². The largest absolute Gasteiger partial charge is 0.379 e. The van der Waals surface area contributed by atoms with Crippen LogP contribution < -0.4 is 10.2 Å². The SMILES string of the molecule is CCc1ccc(N2C[C@H](C(=O)NCCCOC(C)C)CC2=O)cc1. The molecule has 0 aromatic heterocycles. The average Bonchev–Trinajstić information content (AvgIpc) is 2.96. The van der Waals surface area contributed by atoms with Gasteiger partial charge in [0.15, 0.2) is 0 Å². The molecule has 1 aromatic rings. The molecule has 1 fully saturated rings. The minimum Gasteiger partial charge on any atom is -0.379 e. The van der Waals surface area contributed by atoms with E-state index in [0.717, 1.165) is 18.5 Å². The number of benzene rings is 1. The predicted octanol–water partition coefficient (Wildman–Crippen LogP) is 2.53. The molecule has 2 rings (SSSR count). The lowest BCUT2D eigenvalue weighted by Crippen LogP contribution is -2.34. The van der Waals surface area contributed by atoms with Gasteiger partial charge in [0, 0.05) is 31.8 Å². The maximum Gasteiger partial charge on any atom is 0.227 e. The summed E-state index contributed by atoms with van der Waals surface area (Å²) >= 11 is 0. The molecule has 0 aliphatic carbocycles. The minimum atomic E-state index is -0.269. The number of aryl methyl sites for hydroxylation is 1. The summed E-state index contributed by atoms with van der Waals surface area (Å²) in [6.45, 7) is 7.76. The van der Waals surface area contributed by atoms with Crippen LogP contribution in [0.4, 0.5) is 5.69 Å². The highest BCUT2D eigenvalue weighted by molar-refractivity contribution is 6.00. The van der Waals surface area contributed by atoms with Gasteiger partial charge in [-0.3, -0.25) is 9.59 Å². The topological polar surface area (TPSA) is 58.6 Å². The Balaban J connectivity index is 1.81. The highest BCUT2D eigenvalue weighted by atomic mass is 16.5. The van der Waals surface area contributed by atoms with Crippen LogP contribution in [0.15, 0.2) is 24.3 Å². The van der Waals surface area contributed by atoms with E-state index in [1.807, 2.05) is 38.1 Å². The fraction of sp³-hybridized carbons (Fsp3) is 0.579. The number of amides is 2. The van der Waals surface area contributed by atoms with E-state index in [0.29, 0.717) is 19.7 Å². The second-order valence-electron chi connectivity index (χ2n) is 6.49. The van der Waals surface area contributed by atoms with E-state index in [-0.39, 0.29) is 30.3 Å². The van der Waals surface area contributed by atoms with Gasteiger partial charge in [0.25, 0.3) is 0 Å². The highest BCUT2D eigenvalue weighted by Crippen LogP contribution is 2.25. The third-order valence-electron chi connectivity index (χ3n) is 4.22. The van der Waals surface area contributed by atoms with Crippen molar-refractivity contribution in [3.8, 4) is 0 Å². The van der Waals surface area contributed by atoms with Crippen LogP contribution >= 0.6 is 0 Å². The van der Waals surface area contributed by atoms with E-state index in [1.165, 1.54) is 5.56 Å². The Labute approximate surface area is 144 Å². The molecule has 5 nitrogen and oxygen atoms in total. The Morgan fingerprint density at radius 1 is 1.33 bits per heavy atom. The summed E-state index contributed by atoms with van der Waals surface area (Å²) in [6.07, 6.45) is 2.25. The van der Waals surface area contributed by atoms with Gasteiger partial charge < -0.3 is 15.0 Å². The molecule has 1 aliphatic heterocycles. The second-order valence-corrected chi connectivity index (χ2v) is 6.49. The average molecular weight is 332 g/mol. The van der Waals surface area contributed by atoms with Gasteiger partial charge in [-0.15, -0.1) is 0 Å². The molecule has 0 saturated carbocycles. The lowest BCUT2D eigenvalue weighted by molar-refractivity contribution is -0.126. The molecule has 1 heterocycles. The molecule has 0 bridgehead atoms. The molecule has 1 aliphatic rings. The fourth-order valence-corrected chi connectivity index (χ4v) is 2.79. The highest BCUT2D eigenvalue weighted by Gasteiger charge is 2.34. The molecule has 2 amide bonds. The minimum absolute atomic E-state index is 0.0162. The Morgan fingerprint density at radius 3 is 2.67 bits per heavy atom. The zero-order chi connectivity index (χ0) is 17.5. The number of carbonyl (C=O) groups is 2. The molecule has 5 heteroatoms. The van der Waals surface area contributed by atoms with E-state index >= 15 is 0 Å². The molecule has 24 heavy (non-hydrogen) atoms. The normalized spacial score (nSPS) is 17.6. The van der Waals surface area contributed by atoms with Gasteiger partial charge in [-0.25, -0.2) is 0 Å². The van der Waals surface area contributed by atoms with Crippen LogP contribution in [0, 0.1) is 5.92 Å². The molecule has 1 N–H and O–H groups in total. The van der Waals surface area contributed by atoms with Gasteiger partial charge in [0.1, 0.15) is 0 Å². The number of rotatable bonds is 8. The van der Waals surface area contributed by atoms with Gasteiger partial charge in [0.2, 0.25) is 11.8 Å². The van der Waals surface area contributed by atoms with E-state index in [1.54, 1.807) is 4.90 Å². The van der Waals surface area contributed by atoms with Gasteiger partial charge in [0.05, 0.1) is 12.0 Å². The van der Waals surface area contributed by atoms with Crippen LogP contribution in [-0.4, -0.2) is 37.6 Å². The van der Waals surface area contributed by atoms with Gasteiger partial charge >= 0.3 is 0 Å². The van der Waals surface area contributed by atoms with Crippen LogP contribution in [0.2, 0.25) is 0 Å². The van der Waals surface area contributed by atoms with Crippen molar-refractivity contribution in [3.05, 3.63) is 29.8 Å². The van der Waals surface area contributed by atoms with Crippen molar-refractivity contribution in [2.24, 2.45) is 5.92 Å². The monoisotopic (exact) mass is 332 g/mol. The van der Waals surface area contributed by atoms with Gasteiger partial charge in [-0.05, 0) is 44.4 Å². The molecular formula is C19H28N2O3. The van der Waals surface area contributed by atoms with Crippen LogP contribution in [0.25, 0.3) is 0 Å². The van der Waals surface area contributed by atoms with Crippen molar-refractivity contribution in [2.45, 2.75) is 46.1 Å². The number of carbonyl (C=O) groups excluding carboxylic acids is 2. The summed E-state index contributed by atoms with van der Waals surface area (Å²) in [5.74, 6) is -0.294. The van der Waals surface area contributed by atoms with Crippen LogP contribution in [0.1, 0.15) is 39.2 Å². The van der Waals surface area contributed by atoms with Crippen LogP contribution in [-0.2, 0) is 20.7 Å². The number of anilines is 1. The first kappa shape index (κ1) is 18.5. The summed E-state index contributed by atoms with van der Waals surface area (Å²) in [5.41, 5.74) is 2.11. The Bertz CT molecular complexity index is 554. The molecule has 1 saturated heterocycles. The molecule has 0 radical (unpaired) electrons. The van der Waals surface area contributed by atoms with Crippen LogP contribution in [0.3, 0.4) is 0 Å². The van der Waals surface area contributed by atoms with Crippen molar-refractivity contribution in [1.29, 1.82) is 0 Å². The third-order valence-corrected chi connectivity index (χ3v) is 4.22. The standard InChI is InChI=1S/C19H28N2O3/c1-4-15-6-8-17(9-7-15)21-13-16(12-18(21)22)19(23)20-10-5-11-24-14(2)3/h6-9,14,16H,4-5,10-13H2,1-3H3,(H,20,23)/t16-/m1/s1. The van der Waals surface area contributed by atoms with E-state index < -0.39 is 0 Å². The number of hydrogen-bond acceptors (Lipinski definition) is 3. The van der Waals surface area contributed by atoms with Crippen molar-refractivity contribution in [1.82, 2.24) is 5.32 Å². The molecule has 0 unspecified atom stereocenters. The number of nitrogens with zero attached hydrogens (tertiary/aromatic N) is 1. The zero-order valence-corrected chi connectivity index (χ0v) is 14.9. The third kappa shape index (κ3) is 5.06. The maximum atomic E-state index is 12.2. The number of nitrogens with one attached hydrogen (secondary N) is 1. The Hall–Kier alpha value is -1.88. The van der Waals surface area contributed by atoms with Crippen molar-refractivity contribution >= 4 is 17.5 Å². The summed E-state index contributed by atoms with van der Waals surface area (Å²) in [7, 11) is 0. The van der Waals surface area contributed by atoms with E-state index in [4.69, 9.17) is 4.74 Å². The summed E-state index contributed by atoms with van der Waals surface area (Å²) in [5, 5.41) is 2.91. The smallest absolute Gasteiger partial charge is 0.227 e. The first-order valence-corrected chi connectivity index (χ1v) is 8.80. The quantitative estimate of drug-likeness (QED) is 0.744. The summed E-state index contributed by atoms with van der Waals surface area (Å²) in [4.78, 5) is 26.2. The first-order valence-electron chi connectivity index (χ1n) is 8.80. The van der Waals surface area contributed by atoms with Crippen molar-refractivity contribution in [2.75, 3.05) is 24.6 Å². The number of hydrogen-bond donors (Lipinski definition) is 1. The fourth-order valence-electron chi connectivity index (χ4n) is 2.79. The lowest BCUT2D eigenvalue weighted by Gasteiger charge is -2.17. The zero-order valence-electron chi connectivity index (χ0n) is 14.9. The van der Waals surface area contributed by atoms with Crippen LogP contribution in [0.5, 0.6) is 0 Å². The Kier molecular flexibility index (Phi) is 6.79. The number of ether oxygens (including phenoxy) is 1. The van der Waals surface area contributed by atoms with Gasteiger partial charge in [-0.2, -0.15) is 0 Å². The summed E-state index contributed by atoms with van der Waals surface area (Å²) in [6, 6.07) is 7.98. The molecule has 1 aromatic carbocycles. The first-order chi connectivity index (χ1) is 11.5. The molecule has 0 spiro atoms. The van der Waals surface area contributed by atoms with E-state index in [2.05, 4.69) is 12.2 Å². The Morgan fingerprint density at radius 2 is 2.04 bits per heavy atom. The van der Waals surface area contributed by atoms with Gasteiger partial charge in [-0.1, -0.05) is 19.1 Å². The second kappa shape index (κ2) is 8.83. The predicted molar refractivity (Wildman–Crippen MR) is 95.0 cm³/mol. The lowest BCUT2D eigenvalue weighted by atomic mass is 10.1. The van der Waals surface area contributed by atoms with Crippen molar-refractivity contribution < 1.29 is 14.3 Å². The molecule has 132 valence electrons. The molecule has 1 atom stereocenters. The maximum absolute atomic E-state index is 12.2. The summed E-state index contributed by atoms with van der Waals surface area (Å²) < 4.78 is 5.45. The van der Waals surface area contributed by atoms with E-state index in [9.17, 15) is 9.59 Å². The molecular weight excluding hydrogens is 304 g/mol.